The summed E-state index contributed by atoms with van der Waals surface area (Å²) in [5.74, 6) is 0.373. The van der Waals surface area contributed by atoms with E-state index < -0.39 is 5.60 Å². The van der Waals surface area contributed by atoms with E-state index in [0.29, 0.717) is 5.89 Å². The molecule has 0 fully saturated rings. The van der Waals surface area contributed by atoms with Crippen molar-refractivity contribution < 1.29 is 9.52 Å². The lowest BCUT2D eigenvalue weighted by molar-refractivity contribution is 0.0483. The predicted molar refractivity (Wildman–Crippen MR) is 50.4 cm³/mol. The summed E-state index contributed by atoms with van der Waals surface area (Å²) in [6.07, 6.45) is 1.60. The molecule has 0 aliphatic rings. The van der Waals surface area contributed by atoms with Crippen LogP contribution in [0.2, 0.25) is 0 Å². The molecule has 0 saturated carbocycles. The van der Waals surface area contributed by atoms with Gasteiger partial charge in [-0.15, -0.1) is 0 Å². The molecule has 1 N–H and O–H groups in total. The second kappa shape index (κ2) is 2.84. The molecule has 3 heteroatoms. The highest BCUT2D eigenvalue weighted by Gasteiger charge is 2.26. The van der Waals surface area contributed by atoms with Gasteiger partial charge in [-0.2, -0.15) is 0 Å². The average Bonchev–Trinajstić information content (AvgIpc) is 2.28. The summed E-state index contributed by atoms with van der Waals surface area (Å²) in [5.41, 5.74) is -0.166. The molecule has 74 valence electrons. The standard InChI is InChI=1S/C10H17NO2/c1-9(2,3)7-6-13-8(11-7)10(4,5)12/h6,12H,1-5H3. The summed E-state index contributed by atoms with van der Waals surface area (Å²) >= 11 is 0. The Balaban J connectivity index is 3.01. The van der Waals surface area contributed by atoms with Gasteiger partial charge in [-0.25, -0.2) is 4.98 Å². The first-order valence-corrected chi connectivity index (χ1v) is 4.40. The molecule has 0 aliphatic heterocycles. The summed E-state index contributed by atoms with van der Waals surface area (Å²) < 4.78 is 5.19. The van der Waals surface area contributed by atoms with Crippen molar-refractivity contribution in [3.8, 4) is 0 Å². The molecule has 0 saturated heterocycles. The molecule has 0 atom stereocenters. The maximum Gasteiger partial charge on any atom is 0.225 e. The van der Waals surface area contributed by atoms with E-state index in [1.807, 2.05) is 0 Å². The number of rotatable bonds is 1. The van der Waals surface area contributed by atoms with Gasteiger partial charge in [-0.3, -0.25) is 0 Å². The Hall–Kier alpha value is -0.830. The molecule has 0 aliphatic carbocycles. The van der Waals surface area contributed by atoms with Crippen LogP contribution >= 0.6 is 0 Å². The fraction of sp³-hybridized carbons (Fsp3) is 0.700. The minimum Gasteiger partial charge on any atom is -0.446 e. The van der Waals surface area contributed by atoms with Crippen LogP contribution in [0.15, 0.2) is 10.7 Å². The van der Waals surface area contributed by atoms with Crippen LogP contribution in [0.25, 0.3) is 0 Å². The zero-order chi connectivity index (χ0) is 10.3. The first kappa shape index (κ1) is 10.3. The third kappa shape index (κ3) is 2.31. The Morgan fingerprint density at radius 1 is 1.23 bits per heavy atom. The Bertz CT molecular complexity index is 260. The van der Waals surface area contributed by atoms with Crippen molar-refractivity contribution in [3.05, 3.63) is 17.8 Å². The van der Waals surface area contributed by atoms with Crippen LogP contribution in [0.4, 0.5) is 0 Å². The van der Waals surface area contributed by atoms with Crippen LogP contribution in [0.1, 0.15) is 46.2 Å². The van der Waals surface area contributed by atoms with Crippen LogP contribution < -0.4 is 0 Å². The molecule has 1 heterocycles. The fourth-order valence-corrected chi connectivity index (χ4v) is 0.899. The molecule has 0 radical (unpaired) electrons. The van der Waals surface area contributed by atoms with Crippen LogP contribution in [-0.2, 0) is 11.0 Å². The Morgan fingerprint density at radius 3 is 2.00 bits per heavy atom. The zero-order valence-electron chi connectivity index (χ0n) is 8.88. The number of aromatic nitrogens is 1. The second-order valence-electron chi connectivity index (χ2n) is 4.85. The highest BCUT2D eigenvalue weighted by Crippen LogP contribution is 2.25. The van der Waals surface area contributed by atoms with Gasteiger partial charge in [0.15, 0.2) is 0 Å². The number of hydrogen-bond acceptors (Lipinski definition) is 3. The lowest BCUT2D eigenvalue weighted by Crippen LogP contribution is -2.17. The molecule has 1 rings (SSSR count). The van der Waals surface area contributed by atoms with Gasteiger partial charge in [-0.1, -0.05) is 20.8 Å². The smallest absolute Gasteiger partial charge is 0.225 e. The van der Waals surface area contributed by atoms with E-state index in [4.69, 9.17) is 4.42 Å². The maximum absolute atomic E-state index is 9.61. The molecule has 1 aromatic rings. The van der Waals surface area contributed by atoms with Gasteiger partial charge in [0.2, 0.25) is 5.89 Å². The third-order valence-electron chi connectivity index (χ3n) is 1.80. The van der Waals surface area contributed by atoms with Gasteiger partial charge in [0.25, 0.3) is 0 Å². The largest absolute Gasteiger partial charge is 0.446 e. The van der Waals surface area contributed by atoms with Crippen LogP contribution in [0.3, 0.4) is 0 Å². The predicted octanol–water partition coefficient (Wildman–Crippen LogP) is 2.20. The molecular formula is C10H17NO2. The minimum atomic E-state index is -0.997. The first-order valence-electron chi connectivity index (χ1n) is 4.40. The topological polar surface area (TPSA) is 46.3 Å². The summed E-state index contributed by atoms with van der Waals surface area (Å²) in [5, 5.41) is 9.61. The maximum atomic E-state index is 9.61. The summed E-state index contributed by atoms with van der Waals surface area (Å²) in [4.78, 5) is 4.24. The Labute approximate surface area is 78.8 Å². The van der Waals surface area contributed by atoms with Crippen LogP contribution in [0, 0.1) is 0 Å². The van der Waals surface area contributed by atoms with E-state index in [-0.39, 0.29) is 5.41 Å². The van der Waals surface area contributed by atoms with E-state index in [1.54, 1.807) is 20.1 Å². The molecule has 0 unspecified atom stereocenters. The van der Waals surface area contributed by atoms with Crippen molar-refractivity contribution in [2.75, 3.05) is 0 Å². The molecule has 0 bridgehead atoms. The monoisotopic (exact) mass is 183 g/mol. The van der Waals surface area contributed by atoms with Gasteiger partial charge >= 0.3 is 0 Å². The van der Waals surface area contributed by atoms with E-state index in [1.165, 1.54) is 0 Å². The Kier molecular flexibility index (Phi) is 2.24. The molecule has 0 spiro atoms. The van der Waals surface area contributed by atoms with E-state index in [0.717, 1.165) is 5.69 Å². The van der Waals surface area contributed by atoms with Gasteiger partial charge in [-0.05, 0) is 13.8 Å². The molecule has 3 nitrogen and oxygen atoms in total. The summed E-state index contributed by atoms with van der Waals surface area (Å²) in [6, 6.07) is 0. The van der Waals surface area contributed by atoms with Gasteiger partial charge in [0.1, 0.15) is 11.9 Å². The number of hydrogen-bond donors (Lipinski definition) is 1. The normalized spacial score (nSPS) is 13.4. The first-order chi connectivity index (χ1) is 5.71. The fourth-order valence-electron chi connectivity index (χ4n) is 0.899. The van der Waals surface area contributed by atoms with E-state index >= 15 is 0 Å². The molecule has 0 aromatic carbocycles. The van der Waals surface area contributed by atoms with Gasteiger partial charge in [0, 0.05) is 5.41 Å². The van der Waals surface area contributed by atoms with Crippen molar-refractivity contribution in [2.45, 2.75) is 45.6 Å². The zero-order valence-corrected chi connectivity index (χ0v) is 8.88. The van der Waals surface area contributed by atoms with Crippen molar-refractivity contribution >= 4 is 0 Å². The second-order valence-corrected chi connectivity index (χ2v) is 4.85. The number of oxazole rings is 1. The average molecular weight is 183 g/mol. The van der Waals surface area contributed by atoms with Crippen molar-refractivity contribution in [2.24, 2.45) is 0 Å². The van der Waals surface area contributed by atoms with Crippen LogP contribution in [-0.4, -0.2) is 10.1 Å². The van der Waals surface area contributed by atoms with Gasteiger partial charge < -0.3 is 9.52 Å². The molecule has 1 aromatic heterocycles. The molecular weight excluding hydrogens is 166 g/mol. The van der Waals surface area contributed by atoms with Crippen molar-refractivity contribution in [1.29, 1.82) is 0 Å². The molecule has 0 amide bonds. The summed E-state index contributed by atoms with van der Waals surface area (Å²) in [7, 11) is 0. The van der Waals surface area contributed by atoms with Gasteiger partial charge in [0.05, 0.1) is 5.69 Å². The lowest BCUT2D eigenvalue weighted by Gasteiger charge is -2.14. The van der Waals surface area contributed by atoms with Crippen molar-refractivity contribution in [1.82, 2.24) is 4.98 Å². The molecule has 13 heavy (non-hydrogen) atoms. The number of nitrogens with zero attached hydrogens (tertiary/aromatic N) is 1. The lowest BCUT2D eigenvalue weighted by atomic mass is 9.93. The quantitative estimate of drug-likeness (QED) is 0.726. The summed E-state index contributed by atoms with van der Waals surface area (Å²) in [6.45, 7) is 9.48. The van der Waals surface area contributed by atoms with E-state index in [9.17, 15) is 5.11 Å². The van der Waals surface area contributed by atoms with E-state index in [2.05, 4.69) is 25.8 Å². The Morgan fingerprint density at radius 2 is 1.77 bits per heavy atom. The minimum absolute atomic E-state index is 0.0347. The highest BCUT2D eigenvalue weighted by molar-refractivity contribution is 5.10. The van der Waals surface area contributed by atoms with Crippen LogP contribution in [0.5, 0.6) is 0 Å². The number of aliphatic hydroxyl groups is 1. The third-order valence-corrected chi connectivity index (χ3v) is 1.80. The highest BCUT2D eigenvalue weighted by atomic mass is 16.4. The SMILES string of the molecule is CC(C)(C)c1coc(C(C)(C)O)n1. The van der Waals surface area contributed by atoms with Crippen molar-refractivity contribution in [3.63, 3.8) is 0 Å².